The Labute approximate surface area is 130 Å². The summed E-state index contributed by atoms with van der Waals surface area (Å²) in [6, 6.07) is 8.72. The van der Waals surface area contributed by atoms with E-state index in [1.54, 1.807) is 31.2 Å². The number of hydrogen-bond donors (Lipinski definition) is 2. The molecule has 118 valence electrons. The Morgan fingerprint density at radius 1 is 1.32 bits per heavy atom. The quantitative estimate of drug-likeness (QED) is 0.784. The van der Waals surface area contributed by atoms with Crippen LogP contribution in [0.2, 0.25) is 0 Å². The number of carbonyl (C=O) groups excluding carboxylic acids is 2. The zero-order valence-corrected chi connectivity index (χ0v) is 13.3. The monoisotopic (exact) mass is 303 g/mol. The molecule has 0 aliphatic heterocycles. The third kappa shape index (κ3) is 4.48. The van der Waals surface area contributed by atoms with Gasteiger partial charge in [0, 0.05) is 5.69 Å². The largest absolute Gasteiger partial charge is 0.465 e. The SMILES string of the molecule is COC(=O)c1ccc(NCC(=O)N[C@](C)(C#N)C(C)C)cc1. The molecule has 0 heterocycles. The van der Waals surface area contributed by atoms with Crippen molar-refractivity contribution in [3.05, 3.63) is 29.8 Å². The topological polar surface area (TPSA) is 91.2 Å². The summed E-state index contributed by atoms with van der Waals surface area (Å²) in [7, 11) is 1.32. The maximum Gasteiger partial charge on any atom is 0.337 e. The molecular weight excluding hydrogens is 282 g/mol. The first-order chi connectivity index (χ1) is 10.3. The molecule has 0 unspecified atom stereocenters. The first-order valence-electron chi connectivity index (χ1n) is 6.97. The van der Waals surface area contributed by atoms with E-state index in [0.717, 1.165) is 0 Å². The van der Waals surface area contributed by atoms with E-state index in [9.17, 15) is 9.59 Å². The smallest absolute Gasteiger partial charge is 0.337 e. The Bertz CT molecular complexity index is 575. The van der Waals surface area contributed by atoms with Gasteiger partial charge in [0.25, 0.3) is 0 Å². The van der Waals surface area contributed by atoms with Crippen molar-refractivity contribution in [2.24, 2.45) is 5.92 Å². The Balaban J connectivity index is 2.58. The second-order valence-electron chi connectivity index (χ2n) is 5.44. The van der Waals surface area contributed by atoms with Gasteiger partial charge < -0.3 is 15.4 Å². The van der Waals surface area contributed by atoms with E-state index in [4.69, 9.17) is 5.26 Å². The highest BCUT2D eigenvalue weighted by Gasteiger charge is 2.29. The molecule has 0 saturated carbocycles. The number of rotatable bonds is 6. The maximum atomic E-state index is 11.9. The van der Waals surface area contributed by atoms with Gasteiger partial charge in [0.1, 0.15) is 5.54 Å². The molecule has 22 heavy (non-hydrogen) atoms. The van der Waals surface area contributed by atoms with Gasteiger partial charge in [-0.15, -0.1) is 0 Å². The van der Waals surface area contributed by atoms with E-state index in [1.807, 2.05) is 13.8 Å². The number of nitriles is 1. The number of ether oxygens (including phenoxy) is 1. The van der Waals surface area contributed by atoms with E-state index in [-0.39, 0.29) is 18.4 Å². The normalized spacial score (nSPS) is 12.9. The summed E-state index contributed by atoms with van der Waals surface area (Å²) in [5.74, 6) is -0.679. The fourth-order valence-electron chi connectivity index (χ4n) is 1.66. The van der Waals surface area contributed by atoms with Crippen LogP contribution in [0.1, 0.15) is 31.1 Å². The predicted octanol–water partition coefficient (Wildman–Crippen LogP) is 1.94. The highest BCUT2D eigenvalue weighted by molar-refractivity contribution is 5.89. The fraction of sp³-hybridized carbons (Fsp3) is 0.438. The van der Waals surface area contributed by atoms with E-state index in [1.165, 1.54) is 7.11 Å². The number of nitrogens with one attached hydrogen (secondary N) is 2. The van der Waals surface area contributed by atoms with Crippen molar-refractivity contribution in [2.45, 2.75) is 26.3 Å². The Hall–Kier alpha value is -2.55. The van der Waals surface area contributed by atoms with Crippen molar-refractivity contribution in [3.8, 4) is 6.07 Å². The molecule has 0 aromatic heterocycles. The minimum Gasteiger partial charge on any atom is -0.465 e. The van der Waals surface area contributed by atoms with Crippen LogP contribution in [-0.4, -0.2) is 31.1 Å². The van der Waals surface area contributed by atoms with Gasteiger partial charge in [-0.1, -0.05) is 13.8 Å². The lowest BCUT2D eigenvalue weighted by molar-refractivity contribution is -0.121. The first kappa shape index (κ1) is 17.5. The lowest BCUT2D eigenvalue weighted by atomic mass is 9.90. The number of methoxy groups -OCH3 is 1. The van der Waals surface area contributed by atoms with Gasteiger partial charge in [-0.2, -0.15) is 5.26 Å². The lowest BCUT2D eigenvalue weighted by Gasteiger charge is -2.27. The van der Waals surface area contributed by atoms with Crippen LogP contribution >= 0.6 is 0 Å². The van der Waals surface area contributed by atoms with Crippen LogP contribution in [0, 0.1) is 17.2 Å². The molecule has 0 spiro atoms. The van der Waals surface area contributed by atoms with Crippen molar-refractivity contribution in [3.63, 3.8) is 0 Å². The van der Waals surface area contributed by atoms with Crippen LogP contribution in [0.15, 0.2) is 24.3 Å². The molecule has 0 fully saturated rings. The number of hydrogen-bond acceptors (Lipinski definition) is 5. The van der Waals surface area contributed by atoms with E-state index in [2.05, 4.69) is 21.4 Å². The highest BCUT2D eigenvalue weighted by Crippen LogP contribution is 2.15. The Morgan fingerprint density at radius 2 is 1.91 bits per heavy atom. The molecule has 1 amide bonds. The molecule has 1 rings (SSSR count). The maximum absolute atomic E-state index is 11.9. The number of anilines is 1. The van der Waals surface area contributed by atoms with Gasteiger partial charge in [0.05, 0.1) is 25.3 Å². The van der Waals surface area contributed by atoms with Gasteiger partial charge in [-0.25, -0.2) is 4.79 Å². The second-order valence-corrected chi connectivity index (χ2v) is 5.44. The van der Waals surface area contributed by atoms with Crippen LogP contribution in [0.3, 0.4) is 0 Å². The van der Waals surface area contributed by atoms with Gasteiger partial charge in [0.2, 0.25) is 5.91 Å². The van der Waals surface area contributed by atoms with Gasteiger partial charge in [-0.05, 0) is 37.1 Å². The molecule has 1 aromatic carbocycles. The van der Waals surface area contributed by atoms with E-state index >= 15 is 0 Å². The number of carbonyl (C=O) groups is 2. The number of nitrogens with zero attached hydrogens (tertiary/aromatic N) is 1. The fourth-order valence-corrected chi connectivity index (χ4v) is 1.66. The van der Waals surface area contributed by atoms with E-state index < -0.39 is 11.5 Å². The molecular formula is C16H21N3O3. The standard InChI is InChI=1S/C16H21N3O3/c1-11(2)16(3,10-17)19-14(20)9-18-13-7-5-12(6-8-13)15(21)22-4/h5-8,11,18H,9H2,1-4H3,(H,19,20)/t16-/m1/s1. The highest BCUT2D eigenvalue weighted by atomic mass is 16.5. The minimum absolute atomic E-state index is 0.000731. The summed E-state index contributed by atoms with van der Waals surface area (Å²) in [6.45, 7) is 5.49. The second kappa shape index (κ2) is 7.46. The van der Waals surface area contributed by atoms with Crippen molar-refractivity contribution in [2.75, 3.05) is 19.0 Å². The number of benzene rings is 1. The number of esters is 1. The summed E-state index contributed by atoms with van der Waals surface area (Å²) in [4.78, 5) is 23.2. The van der Waals surface area contributed by atoms with Crippen molar-refractivity contribution in [1.82, 2.24) is 5.32 Å². The van der Waals surface area contributed by atoms with Gasteiger partial charge >= 0.3 is 5.97 Å². The zero-order valence-electron chi connectivity index (χ0n) is 13.3. The van der Waals surface area contributed by atoms with Crippen LogP contribution in [0.5, 0.6) is 0 Å². The summed E-state index contributed by atoms with van der Waals surface area (Å²) in [5.41, 5.74) is 0.244. The average molecular weight is 303 g/mol. The van der Waals surface area contributed by atoms with Crippen molar-refractivity contribution in [1.29, 1.82) is 5.26 Å². The van der Waals surface area contributed by atoms with Crippen LogP contribution in [0.4, 0.5) is 5.69 Å². The Morgan fingerprint density at radius 3 is 2.36 bits per heavy atom. The zero-order chi connectivity index (χ0) is 16.8. The summed E-state index contributed by atoms with van der Waals surface area (Å²) in [5, 5.41) is 14.8. The molecule has 6 nitrogen and oxygen atoms in total. The predicted molar refractivity (Wildman–Crippen MR) is 83.3 cm³/mol. The van der Waals surface area contributed by atoms with Crippen molar-refractivity contribution >= 4 is 17.6 Å². The molecule has 1 atom stereocenters. The summed E-state index contributed by atoms with van der Waals surface area (Å²) in [6.07, 6.45) is 0. The molecule has 0 bridgehead atoms. The van der Waals surface area contributed by atoms with Crippen LogP contribution in [0.25, 0.3) is 0 Å². The van der Waals surface area contributed by atoms with Crippen LogP contribution in [-0.2, 0) is 9.53 Å². The molecule has 0 radical (unpaired) electrons. The first-order valence-corrected chi connectivity index (χ1v) is 6.97. The van der Waals surface area contributed by atoms with E-state index in [0.29, 0.717) is 11.3 Å². The van der Waals surface area contributed by atoms with Gasteiger partial charge in [0.15, 0.2) is 0 Å². The molecule has 6 heteroatoms. The summed E-state index contributed by atoms with van der Waals surface area (Å²) < 4.78 is 4.61. The molecule has 0 saturated heterocycles. The molecule has 2 N–H and O–H groups in total. The minimum atomic E-state index is -0.895. The van der Waals surface area contributed by atoms with Crippen LogP contribution < -0.4 is 10.6 Å². The van der Waals surface area contributed by atoms with Crippen molar-refractivity contribution < 1.29 is 14.3 Å². The van der Waals surface area contributed by atoms with Gasteiger partial charge in [-0.3, -0.25) is 4.79 Å². The molecule has 0 aliphatic rings. The Kier molecular flexibility index (Phi) is 5.93. The molecule has 0 aliphatic carbocycles. The molecule has 1 aromatic rings. The summed E-state index contributed by atoms with van der Waals surface area (Å²) >= 11 is 0. The third-order valence-corrected chi connectivity index (χ3v) is 3.55. The third-order valence-electron chi connectivity index (χ3n) is 3.55. The number of amides is 1. The average Bonchev–Trinajstić information content (AvgIpc) is 2.52. The lowest BCUT2D eigenvalue weighted by Crippen LogP contribution is -2.50.